The van der Waals surface area contributed by atoms with Crippen molar-refractivity contribution in [2.24, 2.45) is 5.92 Å². The number of benzene rings is 1. The predicted molar refractivity (Wildman–Crippen MR) is 83.5 cm³/mol. The molecule has 1 heterocycles. The number of aromatic carboxylic acids is 1. The summed E-state index contributed by atoms with van der Waals surface area (Å²) in [5, 5.41) is 13.6. The Morgan fingerprint density at radius 1 is 1.24 bits per heavy atom. The topological polar surface area (TPSA) is 62.5 Å². The molecule has 1 aromatic carbocycles. The Morgan fingerprint density at radius 2 is 1.95 bits per heavy atom. The molecule has 0 aliphatic carbocycles. The highest BCUT2D eigenvalue weighted by Crippen LogP contribution is 2.26. The first kappa shape index (κ1) is 15.6. The number of fused-ring (bicyclic) bond motifs is 1. The molecular formula is C17H23NO3. The summed E-state index contributed by atoms with van der Waals surface area (Å²) in [4.78, 5) is 11.3. The smallest absolute Gasteiger partial charge is 0.372 e. The standard InChI is InChI=1S/C17H23NO3/c1-11(2)8-9-12(3)18-10-14-13-6-4-5-7-15(13)21-16(14)17(19)20/h4-7,11-12,18H,8-10H2,1-3H3,(H,19,20). The van der Waals surface area contributed by atoms with Crippen LogP contribution in [0.25, 0.3) is 11.0 Å². The molecule has 0 aliphatic rings. The number of carboxylic acid groups (broad SMARTS) is 1. The van der Waals surface area contributed by atoms with Crippen LogP contribution in [0.2, 0.25) is 0 Å². The normalized spacial score (nSPS) is 13.0. The Kier molecular flexibility index (Phi) is 5.02. The fraction of sp³-hybridized carbons (Fsp3) is 0.471. The highest BCUT2D eigenvalue weighted by molar-refractivity contribution is 5.95. The third kappa shape index (κ3) is 3.85. The Labute approximate surface area is 125 Å². The summed E-state index contributed by atoms with van der Waals surface area (Å²) in [5.74, 6) is -0.295. The Hall–Kier alpha value is -1.81. The van der Waals surface area contributed by atoms with E-state index in [2.05, 4.69) is 26.1 Å². The van der Waals surface area contributed by atoms with E-state index in [1.807, 2.05) is 18.2 Å². The van der Waals surface area contributed by atoms with Crippen molar-refractivity contribution < 1.29 is 14.3 Å². The molecule has 4 heteroatoms. The minimum atomic E-state index is -1.02. The average Bonchev–Trinajstić information content (AvgIpc) is 2.82. The van der Waals surface area contributed by atoms with E-state index in [4.69, 9.17) is 4.42 Å². The summed E-state index contributed by atoms with van der Waals surface area (Å²) in [6, 6.07) is 7.80. The molecule has 0 bridgehead atoms. The lowest BCUT2D eigenvalue weighted by molar-refractivity contribution is 0.0663. The number of carboxylic acids is 1. The number of rotatable bonds is 7. The third-order valence-corrected chi connectivity index (χ3v) is 3.70. The van der Waals surface area contributed by atoms with Crippen LogP contribution in [-0.2, 0) is 6.54 Å². The zero-order valence-electron chi connectivity index (χ0n) is 12.8. The maximum absolute atomic E-state index is 11.3. The van der Waals surface area contributed by atoms with E-state index in [0.29, 0.717) is 24.1 Å². The number of carbonyl (C=O) groups is 1. The van der Waals surface area contributed by atoms with E-state index in [0.717, 1.165) is 23.8 Å². The maximum Gasteiger partial charge on any atom is 0.372 e. The van der Waals surface area contributed by atoms with Crippen LogP contribution >= 0.6 is 0 Å². The van der Waals surface area contributed by atoms with Gasteiger partial charge in [-0.15, -0.1) is 0 Å². The minimum Gasteiger partial charge on any atom is -0.475 e. The summed E-state index contributed by atoms with van der Waals surface area (Å²) in [6.07, 6.45) is 2.24. The van der Waals surface area contributed by atoms with Crippen LogP contribution in [0.1, 0.15) is 49.7 Å². The summed E-state index contributed by atoms with van der Waals surface area (Å²) in [7, 11) is 0. The SMILES string of the molecule is CC(C)CCC(C)NCc1c(C(=O)O)oc2ccccc12. The van der Waals surface area contributed by atoms with Crippen LogP contribution < -0.4 is 5.32 Å². The molecule has 0 saturated carbocycles. The first-order chi connectivity index (χ1) is 9.99. The third-order valence-electron chi connectivity index (χ3n) is 3.70. The van der Waals surface area contributed by atoms with Gasteiger partial charge in [0.25, 0.3) is 0 Å². The number of nitrogens with one attached hydrogen (secondary N) is 1. The fourth-order valence-corrected chi connectivity index (χ4v) is 2.41. The van der Waals surface area contributed by atoms with E-state index in [1.165, 1.54) is 0 Å². The maximum atomic E-state index is 11.3. The Balaban J connectivity index is 2.13. The molecule has 0 fully saturated rings. The summed E-state index contributed by atoms with van der Waals surface area (Å²) >= 11 is 0. The molecule has 4 nitrogen and oxygen atoms in total. The highest BCUT2D eigenvalue weighted by Gasteiger charge is 2.19. The van der Waals surface area contributed by atoms with Gasteiger partial charge in [-0.2, -0.15) is 0 Å². The molecule has 0 amide bonds. The van der Waals surface area contributed by atoms with E-state index in [1.54, 1.807) is 6.07 Å². The van der Waals surface area contributed by atoms with Crippen LogP contribution in [0.5, 0.6) is 0 Å². The van der Waals surface area contributed by atoms with Gasteiger partial charge in [-0.3, -0.25) is 0 Å². The molecule has 2 N–H and O–H groups in total. The van der Waals surface area contributed by atoms with Crippen molar-refractivity contribution in [3.05, 3.63) is 35.6 Å². The molecule has 2 rings (SSSR count). The summed E-state index contributed by atoms with van der Waals surface area (Å²) in [6.45, 7) is 7.06. The van der Waals surface area contributed by atoms with Gasteiger partial charge in [-0.1, -0.05) is 32.0 Å². The van der Waals surface area contributed by atoms with Gasteiger partial charge in [0.05, 0.1) is 0 Å². The van der Waals surface area contributed by atoms with Crippen LogP contribution in [0.3, 0.4) is 0 Å². The van der Waals surface area contributed by atoms with E-state index >= 15 is 0 Å². The second-order valence-electron chi connectivity index (χ2n) is 5.96. The second kappa shape index (κ2) is 6.76. The summed E-state index contributed by atoms with van der Waals surface area (Å²) in [5.41, 5.74) is 1.36. The molecule has 1 atom stereocenters. The quantitative estimate of drug-likeness (QED) is 0.807. The lowest BCUT2D eigenvalue weighted by Gasteiger charge is -2.14. The highest BCUT2D eigenvalue weighted by atomic mass is 16.4. The average molecular weight is 289 g/mol. The van der Waals surface area contributed by atoms with Gasteiger partial charge in [0.15, 0.2) is 0 Å². The van der Waals surface area contributed by atoms with Crippen molar-refractivity contribution in [1.29, 1.82) is 0 Å². The zero-order chi connectivity index (χ0) is 15.4. The van der Waals surface area contributed by atoms with E-state index < -0.39 is 5.97 Å². The van der Waals surface area contributed by atoms with Gasteiger partial charge < -0.3 is 14.8 Å². The molecular weight excluding hydrogens is 266 g/mol. The van der Waals surface area contributed by atoms with Crippen LogP contribution in [0.4, 0.5) is 0 Å². The first-order valence-corrected chi connectivity index (χ1v) is 7.46. The first-order valence-electron chi connectivity index (χ1n) is 7.46. The van der Waals surface area contributed by atoms with E-state index in [-0.39, 0.29) is 5.76 Å². The van der Waals surface area contributed by atoms with Gasteiger partial charge >= 0.3 is 5.97 Å². The molecule has 2 aromatic rings. The van der Waals surface area contributed by atoms with Crippen molar-refractivity contribution in [3.63, 3.8) is 0 Å². The van der Waals surface area contributed by atoms with Crippen molar-refractivity contribution in [1.82, 2.24) is 5.32 Å². The molecule has 1 aromatic heterocycles. The molecule has 0 spiro atoms. The molecule has 21 heavy (non-hydrogen) atoms. The van der Waals surface area contributed by atoms with Crippen molar-refractivity contribution in [3.8, 4) is 0 Å². The Bertz CT molecular complexity index is 616. The number of hydrogen-bond acceptors (Lipinski definition) is 3. The number of furan rings is 1. The monoisotopic (exact) mass is 289 g/mol. The number of hydrogen-bond donors (Lipinski definition) is 2. The predicted octanol–water partition coefficient (Wildman–Crippen LogP) is 4.05. The lowest BCUT2D eigenvalue weighted by Crippen LogP contribution is -2.26. The lowest BCUT2D eigenvalue weighted by atomic mass is 10.0. The molecule has 114 valence electrons. The molecule has 0 saturated heterocycles. The van der Waals surface area contributed by atoms with Gasteiger partial charge in [0.2, 0.25) is 5.76 Å². The Morgan fingerprint density at radius 3 is 2.62 bits per heavy atom. The molecule has 1 unspecified atom stereocenters. The fourth-order valence-electron chi connectivity index (χ4n) is 2.41. The van der Waals surface area contributed by atoms with E-state index in [9.17, 15) is 9.90 Å². The van der Waals surface area contributed by atoms with Crippen LogP contribution in [0, 0.1) is 5.92 Å². The van der Waals surface area contributed by atoms with Crippen molar-refractivity contribution in [2.75, 3.05) is 0 Å². The van der Waals surface area contributed by atoms with Gasteiger partial charge in [0.1, 0.15) is 5.58 Å². The van der Waals surface area contributed by atoms with Gasteiger partial charge in [0, 0.05) is 23.5 Å². The number of para-hydroxylation sites is 1. The van der Waals surface area contributed by atoms with Crippen molar-refractivity contribution in [2.45, 2.75) is 46.2 Å². The largest absolute Gasteiger partial charge is 0.475 e. The minimum absolute atomic E-state index is 0.0414. The van der Waals surface area contributed by atoms with Crippen LogP contribution in [-0.4, -0.2) is 17.1 Å². The van der Waals surface area contributed by atoms with Gasteiger partial charge in [-0.25, -0.2) is 4.79 Å². The van der Waals surface area contributed by atoms with Crippen molar-refractivity contribution >= 4 is 16.9 Å². The molecule has 0 radical (unpaired) electrons. The van der Waals surface area contributed by atoms with Gasteiger partial charge in [-0.05, 0) is 31.7 Å². The summed E-state index contributed by atoms with van der Waals surface area (Å²) < 4.78 is 5.45. The second-order valence-corrected chi connectivity index (χ2v) is 5.96. The zero-order valence-corrected chi connectivity index (χ0v) is 12.8. The molecule has 0 aliphatic heterocycles. The van der Waals surface area contributed by atoms with Crippen LogP contribution in [0.15, 0.2) is 28.7 Å².